The van der Waals surface area contributed by atoms with Crippen molar-refractivity contribution in [2.24, 2.45) is 0 Å². The van der Waals surface area contributed by atoms with Crippen LogP contribution in [0.15, 0.2) is 12.1 Å². The standard InChI is InChI=1S/C26H39F3O4/c1-2-3-4-5-6-7-8-9-10-11-12-13-14-17-32-25(30)15-16-26(31)33-20-21-18-23(28)24(29)19-22(21)27/h18-19H,2-17,20H2,1H3. The molecule has 0 aromatic heterocycles. The van der Waals surface area contributed by atoms with Crippen LogP contribution in [0.25, 0.3) is 0 Å². The molecule has 7 heteroatoms. The molecule has 0 saturated carbocycles. The molecule has 0 atom stereocenters. The number of halogens is 3. The number of rotatable bonds is 19. The lowest BCUT2D eigenvalue weighted by molar-refractivity contribution is -0.151. The van der Waals surface area contributed by atoms with Crippen molar-refractivity contribution in [2.45, 2.75) is 110 Å². The lowest BCUT2D eigenvalue weighted by Crippen LogP contribution is -2.11. The van der Waals surface area contributed by atoms with E-state index in [9.17, 15) is 22.8 Å². The number of hydrogen-bond donors (Lipinski definition) is 0. The SMILES string of the molecule is CCCCCCCCCCCCCCCOC(=O)CCC(=O)OCc1cc(F)c(F)cc1F. The maximum atomic E-state index is 13.5. The third-order valence-corrected chi connectivity index (χ3v) is 5.52. The molecule has 1 aromatic carbocycles. The Kier molecular flexibility index (Phi) is 16.1. The first-order valence-electron chi connectivity index (χ1n) is 12.4. The van der Waals surface area contributed by atoms with Crippen molar-refractivity contribution in [3.8, 4) is 0 Å². The first-order chi connectivity index (χ1) is 15.9. The van der Waals surface area contributed by atoms with Gasteiger partial charge in [0.25, 0.3) is 0 Å². The summed E-state index contributed by atoms with van der Waals surface area (Å²) >= 11 is 0. The van der Waals surface area contributed by atoms with Crippen molar-refractivity contribution in [1.82, 2.24) is 0 Å². The molecule has 0 amide bonds. The average molecular weight is 473 g/mol. The third-order valence-electron chi connectivity index (χ3n) is 5.52. The van der Waals surface area contributed by atoms with Gasteiger partial charge in [-0.15, -0.1) is 0 Å². The van der Waals surface area contributed by atoms with Crippen molar-refractivity contribution in [3.63, 3.8) is 0 Å². The van der Waals surface area contributed by atoms with Gasteiger partial charge in [-0.1, -0.05) is 84.0 Å². The van der Waals surface area contributed by atoms with E-state index in [1.807, 2.05) is 0 Å². The highest BCUT2D eigenvalue weighted by Gasteiger charge is 2.13. The van der Waals surface area contributed by atoms with Gasteiger partial charge in [0.2, 0.25) is 0 Å². The summed E-state index contributed by atoms with van der Waals surface area (Å²) in [5.41, 5.74) is -0.271. The van der Waals surface area contributed by atoms with E-state index in [1.54, 1.807) is 0 Å². The number of carbonyl (C=O) groups is 2. The van der Waals surface area contributed by atoms with Gasteiger partial charge in [-0.3, -0.25) is 9.59 Å². The number of benzene rings is 1. The molecule has 0 unspecified atom stereocenters. The minimum Gasteiger partial charge on any atom is -0.466 e. The zero-order valence-corrected chi connectivity index (χ0v) is 19.9. The van der Waals surface area contributed by atoms with Gasteiger partial charge in [0.05, 0.1) is 19.4 Å². The fourth-order valence-corrected chi connectivity index (χ4v) is 3.49. The molecule has 1 aromatic rings. The van der Waals surface area contributed by atoms with Crippen LogP contribution in [0.4, 0.5) is 13.2 Å². The molecule has 0 radical (unpaired) electrons. The van der Waals surface area contributed by atoms with Gasteiger partial charge in [-0.25, -0.2) is 13.2 Å². The molecule has 0 fully saturated rings. The average Bonchev–Trinajstić information content (AvgIpc) is 2.79. The van der Waals surface area contributed by atoms with Crippen LogP contribution in [0.2, 0.25) is 0 Å². The quantitative estimate of drug-likeness (QED) is 0.118. The molecule has 4 nitrogen and oxygen atoms in total. The summed E-state index contributed by atoms with van der Waals surface area (Å²) in [4.78, 5) is 23.4. The minimum atomic E-state index is -1.31. The second kappa shape index (κ2) is 18.4. The van der Waals surface area contributed by atoms with Gasteiger partial charge in [0, 0.05) is 11.6 Å². The Morgan fingerprint density at radius 1 is 0.636 bits per heavy atom. The first kappa shape index (κ1) is 29.0. The Morgan fingerprint density at radius 3 is 1.64 bits per heavy atom. The Balaban J connectivity index is 1.95. The van der Waals surface area contributed by atoms with E-state index < -0.39 is 36.0 Å². The van der Waals surface area contributed by atoms with Crippen molar-refractivity contribution >= 4 is 11.9 Å². The highest BCUT2D eigenvalue weighted by Crippen LogP contribution is 2.15. The number of ether oxygens (including phenoxy) is 2. The van der Waals surface area contributed by atoms with Crippen LogP contribution in [-0.2, 0) is 25.7 Å². The zero-order chi connectivity index (χ0) is 24.3. The maximum Gasteiger partial charge on any atom is 0.306 e. The summed E-state index contributed by atoms with van der Waals surface area (Å²) in [7, 11) is 0. The molecule has 1 rings (SSSR count). The van der Waals surface area contributed by atoms with Gasteiger partial charge in [0.1, 0.15) is 12.4 Å². The Hall–Kier alpha value is -2.05. The zero-order valence-electron chi connectivity index (χ0n) is 19.9. The van der Waals surface area contributed by atoms with Crippen LogP contribution in [0, 0.1) is 17.5 Å². The normalized spacial score (nSPS) is 10.9. The smallest absolute Gasteiger partial charge is 0.306 e. The van der Waals surface area contributed by atoms with E-state index in [0.717, 1.165) is 19.3 Å². The summed E-state index contributed by atoms with van der Waals surface area (Å²) in [6.07, 6.45) is 15.7. The van der Waals surface area contributed by atoms with E-state index >= 15 is 0 Å². The Labute approximate surface area is 196 Å². The fraction of sp³-hybridized carbons (Fsp3) is 0.692. The summed E-state index contributed by atoms with van der Waals surface area (Å²) in [6.45, 7) is 2.03. The van der Waals surface area contributed by atoms with Crippen molar-refractivity contribution in [1.29, 1.82) is 0 Å². The molecule has 0 N–H and O–H groups in total. The monoisotopic (exact) mass is 472 g/mol. The van der Waals surface area contributed by atoms with Crippen molar-refractivity contribution in [3.05, 3.63) is 35.1 Å². The van der Waals surface area contributed by atoms with Crippen molar-refractivity contribution in [2.75, 3.05) is 6.61 Å². The number of esters is 2. The van der Waals surface area contributed by atoms with E-state index in [4.69, 9.17) is 9.47 Å². The molecular weight excluding hydrogens is 433 g/mol. The molecule has 0 spiro atoms. The molecule has 188 valence electrons. The predicted octanol–water partition coefficient (Wildman–Crippen LogP) is 7.56. The number of unbranched alkanes of at least 4 members (excludes halogenated alkanes) is 12. The van der Waals surface area contributed by atoms with Gasteiger partial charge < -0.3 is 9.47 Å². The van der Waals surface area contributed by atoms with Crippen LogP contribution >= 0.6 is 0 Å². The van der Waals surface area contributed by atoms with E-state index in [1.165, 1.54) is 64.2 Å². The maximum absolute atomic E-state index is 13.5. The van der Waals surface area contributed by atoms with Crippen molar-refractivity contribution < 1.29 is 32.2 Å². The summed E-state index contributed by atoms with van der Waals surface area (Å²) in [6, 6.07) is 1.04. The lowest BCUT2D eigenvalue weighted by atomic mass is 10.0. The van der Waals surface area contributed by atoms with E-state index in [0.29, 0.717) is 18.7 Å². The predicted molar refractivity (Wildman–Crippen MR) is 122 cm³/mol. The third kappa shape index (κ3) is 14.7. The summed E-state index contributed by atoms with van der Waals surface area (Å²) < 4.78 is 49.4. The van der Waals surface area contributed by atoms with Crippen LogP contribution in [-0.4, -0.2) is 18.5 Å². The number of hydrogen-bond acceptors (Lipinski definition) is 4. The summed E-state index contributed by atoms with van der Waals surface area (Å²) in [5.74, 6) is -4.77. The Bertz CT molecular complexity index is 694. The van der Waals surface area contributed by atoms with Gasteiger partial charge in [0.15, 0.2) is 11.6 Å². The van der Waals surface area contributed by atoms with Gasteiger partial charge in [-0.05, 0) is 12.5 Å². The fourth-order valence-electron chi connectivity index (χ4n) is 3.49. The summed E-state index contributed by atoms with van der Waals surface area (Å²) in [5, 5.41) is 0. The Morgan fingerprint density at radius 2 is 1.09 bits per heavy atom. The largest absolute Gasteiger partial charge is 0.466 e. The second-order valence-corrected chi connectivity index (χ2v) is 8.48. The highest BCUT2D eigenvalue weighted by molar-refractivity contribution is 5.77. The molecule has 0 bridgehead atoms. The second-order valence-electron chi connectivity index (χ2n) is 8.48. The number of carbonyl (C=O) groups excluding carboxylic acids is 2. The van der Waals surface area contributed by atoms with E-state index in [2.05, 4.69) is 6.92 Å². The molecule has 0 aliphatic heterocycles. The molecule has 33 heavy (non-hydrogen) atoms. The van der Waals surface area contributed by atoms with Crippen LogP contribution in [0.1, 0.15) is 109 Å². The highest BCUT2D eigenvalue weighted by atomic mass is 19.2. The lowest BCUT2D eigenvalue weighted by Gasteiger charge is -2.07. The molecule has 0 aliphatic carbocycles. The van der Waals surface area contributed by atoms with Gasteiger partial charge in [-0.2, -0.15) is 0 Å². The van der Waals surface area contributed by atoms with Gasteiger partial charge >= 0.3 is 11.9 Å². The first-order valence-corrected chi connectivity index (χ1v) is 12.4. The molecule has 0 aliphatic rings. The van der Waals surface area contributed by atoms with Crippen LogP contribution in [0.5, 0.6) is 0 Å². The molecular formula is C26H39F3O4. The minimum absolute atomic E-state index is 0.141. The van der Waals surface area contributed by atoms with Crippen LogP contribution < -0.4 is 0 Å². The van der Waals surface area contributed by atoms with Crippen LogP contribution in [0.3, 0.4) is 0 Å². The molecule has 0 heterocycles. The topological polar surface area (TPSA) is 52.6 Å². The molecule has 0 saturated heterocycles. The van der Waals surface area contributed by atoms with E-state index in [-0.39, 0.29) is 18.4 Å².